The van der Waals surface area contributed by atoms with Gasteiger partial charge >= 0.3 is 0 Å². The molecule has 2 aliphatic rings. The van der Waals surface area contributed by atoms with Gasteiger partial charge in [-0.15, -0.1) is 0 Å². The van der Waals surface area contributed by atoms with E-state index in [9.17, 15) is 4.79 Å². The Kier molecular flexibility index (Phi) is 3.32. The van der Waals surface area contributed by atoms with Crippen LogP contribution in [-0.4, -0.2) is 5.78 Å². The number of carbonyl (C=O) groups is 1. The van der Waals surface area contributed by atoms with Crippen LogP contribution in [0.3, 0.4) is 0 Å². The molecule has 0 aromatic rings. The van der Waals surface area contributed by atoms with Crippen molar-refractivity contribution in [2.45, 2.75) is 46.0 Å². The van der Waals surface area contributed by atoms with Crippen molar-refractivity contribution in [2.24, 2.45) is 17.3 Å². The number of rotatable bonds is 2. The van der Waals surface area contributed by atoms with E-state index in [1.54, 1.807) is 6.08 Å². The second kappa shape index (κ2) is 4.57. The average Bonchev–Trinajstić information content (AvgIpc) is 2.67. The molecule has 2 rings (SSSR count). The molecule has 0 unspecified atom stereocenters. The highest BCUT2D eigenvalue weighted by atomic mass is 16.1. The van der Waals surface area contributed by atoms with Crippen molar-refractivity contribution in [1.29, 1.82) is 0 Å². The molecule has 1 fully saturated rings. The summed E-state index contributed by atoms with van der Waals surface area (Å²) < 4.78 is 0. The van der Waals surface area contributed by atoms with Gasteiger partial charge in [-0.2, -0.15) is 0 Å². The molecule has 2 atom stereocenters. The molecule has 2 aliphatic carbocycles. The van der Waals surface area contributed by atoms with Crippen LogP contribution < -0.4 is 0 Å². The second-order valence-electron chi connectivity index (χ2n) is 5.44. The zero-order chi connectivity index (χ0) is 11.6. The topological polar surface area (TPSA) is 17.1 Å². The van der Waals surface area contributed by atoms with Gasteiger partial charge < -0.3 is 0 Å². The van der Waals surface area contributed by atoms with Gasteiger partial charge in [-0.05, 0) is 43.6 Å². The van der Waals surface area contributed by atoms with E-state index in [0.29, 0.717) is 17.1 Å². The summed E-state index contributed by atoms with van der Waals surface area (Å²) in [5.41, 5.74) is 0.296. The van der Waals surface area contributed by atoms with Crippen molar-refractivity contribution in [2.75, 3.05) is 0 Å². The quantitative estimate of drug-likeness (QED) is 0.507. The highest BCUT2D eigenvalue weighted by molar-refractivity contribution is 5.92. The molecule has 0 aromatic heterocycles. The molecular weight excluding hydrogens is 196 g/mol. The molecule has 0 N–H and O–H groups in total. The van der Waals surface area contributed by atoms with Gasteiger partial charge in [0, 0.05) is 5.92 Å². The van der Waals surface area contributed by atoms with Crippen LogP contribution in [0.4, 0.5) is 0 Å². The van der Waals surface area contributed by atoms with E-state index in [0.717, 1.165) is 6.42 Å². The minimum atomic E-state index is 0.233. The Labute approximate surface area is 98.6 Å². The van der Waals surface area contributed by atoms with Crippen molar-refractivity contribution in [3.05, 3.63) is 24.3 Å². The summed E-state index contributed by atoms with van der Waals surface area (Å²) in [6.45, 7) is 4.13. The lowest BCUT2D eigenvalue weighted by atomic mass is 9.62. The smallest absolute Gasteiger partial charge is 0.159 e. The molecule has 16 heavy (non-hydrogen) atoms. The van der Waals surface area contributed by atoms with E-state index in [4.69, 9.17) is 0 Å². The van der Waals surface area contributed by atoms with Crippen molar-refractivity contribution >= 4 is 5.78 Å². The third kappa shape index (κ3) is 1.88. The first-order valence-electron chi connectivity index (χ1n) is 6.53. The molecule has 1 nitrogen and oxygen atoms in total. The predicted octanol–water partition coefficient (Wildman–Crippen LogP) is 3.90. The van der Waals surface area contributed by atoms with Crippen LogP contribution >= 0.6 is 0 Å². The highest BCUT2D eigenvalue weighted by Crippen LogP contribution is 2.52. The van der Waals surface area contributed by atoms with E-state index in [1.165, 1.54) is 25.7 Å². The minimum Gasteiger partial charge on any atom is -0.295 e. The highest BCUT2D eigenvalue weighted by Gasteiger charge is 2.46. The van der Waals surface area contributed by atoms with Crippen LogP contribution in [0.1, 0.15) is 46.0 Å². The fourth-order valence-electron chi connectivity index (χ4n) is 3.74. The van der Waals surface area contributed by atoms with E-state index >= 15 is 0 Å². The maximum absolute atomic E-state index is 12.2. The molecule has 0 aliphatic heterocycles. The average molecular weight is 218 g/mol. The second-order valence-corrected chi connectivity index (χ2v) is 5.44. The summed E-state index contributed by atoms with van der Waals surface area (Å²) in [4.78, 5) is 12.2. The first-order chi connectivity index (χ1) is 7.69. The number of hydrogen-bond acceptors (Lipinski definition) is 1. The van der Waals surface area contributed by atoms with Crippen LogP contribution in [-0.2, 0) is 4.79 Å². The molecule has 1 saturated carbocycles. The van der Waals surface area contributed by atoms with E-state index in [-0.39, 0.29) is 5.92 Å². The summed E-state index contributed by atoms with van der Waals surface area (Å²) >= 11 is 0. The third-order valence-corrected chi connectivity index (χ3v) is 4.39. The van der Waals surface area contributed by atoms with E-state index in [2.05, 4.69) is 19.1 Å². The Morgan fingerprint density at radius 2 is 2.06 bits per heavy atom. The Morgan fingerprint density at radius 3 is 2.69 bits per heavy atom. The third-order valence-electron chi connectivity index (χ3n) is 4.39. The molecule has 0 bridgehead atoms. The van der Waals surface area contributed by atoms with Gasteiger partial charge in [-0.3, -0.25) is 4.79 Å². The monoisotopic (exact) mass is 218 g/mol. The molecule has 1 spiro atoms. The fraction of sp³-hybridized carbons (Fsp3) is 0.667. The van der Waals surface area contributed by atoms with Crippen molar-refractivity contribution in [3.8, 4) is 0 Å². The van der Waals surface area contributed by atoms with Crippen LogP contribution in [0.25, 0.3) is 0 Å². The Hall–Kier alpha value is -0.850. The summed E-state index contributed by atoms with van der Waals surface area (Å²) in [5, 5.41) is 0. The zero-order valence-corrected chi connectivity index (χ0v) is 10.4. The normalized spacial score (nSPS) is 32.6. The fourth-order valence-corrected chi connectivity index (χ4v) is 3.74. The largest absolute Gasteiger partial charge is 0.295 e. The van der Waals surface area contributed by atoms with Gasteiger partial charge in [0.25, 0.3) is 0 Å². The molecule has 0 radical (unpaired) electrons. The van der Waals surface area contributed by atoms with Crippen LogP contribution in [0.5, 0.6) is 0 Å². The lowest BCUT2D eigenvalue weighted by Crippen LogP contribution is -2.38. The van der Waals surface area contributed by atoms with Gasteiger partial charge in [0.2, 0.25) is 0 Å². The number of ketones is 1. The molecule has 0 saturated heterocycles. The maximum atomic E-state index is 12.2. The van der Waals surface area contributed by atoms with E-state index < -0.39 is 0 Å². The first-order valence-corrected chi connectivity index (χ1v) is 6.53. The Bertz CT molecular complexity index is 318. The molecular formula is C15H22O. The van der Waals surface area contributed by atoms with Gasteiger partial charge in [-0.1, -0.05) is 38.0 Å². The molecule has 1 heteroatoms. The number of carbonyl (C=O) groups excluding carboxylic acids is 1. The summed E-state index contributed by atoms with van der Waals surface area (Å²) in [7, 11) is 0. The molecule has 0 aromatic carbocycles. The number of hydrogen-bond donors (Lipinski definition) is 0. The van der Waals surface area contributed by atoms with Crippen molar-refractivity contribution < 1.29 is 4.79 Å². The van der Waals surface area contributed by atoms with E-state index in [1.807, 2.05) is 13.0 Å². The lowest BCUT2D eigenvalue weighted by molar-refractivity contribution is -0.124. The minimum absolute atomic E-state index is 0.233. The standard InChI is InChI=1S/C15H22O/c1-3-7-13(16)14-12(2)8-6-11-15(14)9-4-5-10-15/h3,6-8,12,14H,4-5,9-11H2,1-2H3/t12-,14-/m1/s1. The summed E-state index contributed by atoms with van der Waals surface area (Å²) in [5.74, 6) is 0.994. The summed E-state index contributed by atoms with van der Waals surface area (Å²) in [6.07, 6.45) is 14.4. The predicted molar refractivity (Wildman–Crippen MR) is 67.1 cm³/mol. The van der Waals surface area contributed by atoms with Crippen molar-refractivity contribution in [3.63, 3.8) is 0 Å². The maximum Gasteiger partial charge on any atom is 0.159 e. The Balaban J connectivity index is 2.29. The van der Waals surface area contributed by atoms with Gasteiger partial charge in [0.1, 0.15) is 0 Å². The lowest BCUT2D eigenvalue weighted by Gasteiger charge is -2.41. The summed E-state index contributed by atoms with van der Waals surface area (Å²) in [6, 6.07) is 0. The van der Waals surface area contributed by atoms with Gasteiger partial charge in [0.15, 0.2) is 5.78 Å². The Morgan fingerprint density at radius 1 is 1.38 bits per heavy atom. The van der Waals surface area contributed by atoms with Crippen LogP contribution in [0.2, 0.25) is 0 Å². The molecule has 0 heterocycles. The first kappa shape index (κ1) is 11.6. The van der Waals surface area contributed by atoms with Crippen LogP contribution in [0.15, 0.2) is 24.3 Å². The van der Waals surface area contributed by atoms with Gasteiger partial charge in [-0.25, -0.2) is 0 Å². The SMILES string of the molecule is CC=CC(=O)[C@H]1[C@H](C)C=CCC12CCCC2. The van der Waals surface area contributed by atoms with Crippen LogP contribution in [0, 0.1) is 17.3 Å². The zero-order valence-electron chi connectivity index (χ0n) is 10.4. The molecule has 88 valence electrons. The molecule has 0 amide bonds. The van der Waals surface area contributed by atoms with Crippen molar-refractivity contribution in [1.82, 2.24) is 0 Å². The van der Waals surface area contributed by atoms with Gasteiger partial charge in [0.05, 0.1) is 0 Å². The number of allylic oxidation sites excluding steroid dienone is 4.